The lowest BCUT2D eigenvalue weighted by atomic mass is 9.93. The molecular formula is C10H19N2O. The summed E-state index contributed by atoms with van der Waals surface area (Å²) in [5.74, 6) is 0.851. The normalized spacial score (nSPS) is 18.6. The predicted octanol–water partition coefficient (Wildman–Crippen LogP) is 0.669. The number of carbonyl (C=O) groups is 1. The zero-order valence-corrected chi connectivity index (χ0v) is 8.55. The summed E-state index contributed by atoms with van der Waals surface area (Å²) in [5, 5.41) is 3.31. The van der Waals surface area contributed by atoms with E-state index in [4.69, 9.17) is 0 Å². The van der Waals surface area contributed by atoms with Crippen LogP contribution in [0.2, 0.25) is 0 Å². The molecule has 1 rings (SSSR count). The summed E-state index contributed by atoms with van der Waals surface area (Å²) in [4.78, 5) is 12.9. The van der Waals surface area contributed by atoms with Gasteiger partial charge in [-0.05, 0) is 38.3 Å². The Morgan fingerprint density at radius 2 is 2.08 bits per heavy atom. The molecule has 1 amide bonds. The average molecular weight is 183 g/mol. The summed E-state index contributed by atoms with van der Waals surface area (Å²) in [6, 6.07) is 0. The van der Waals surface area contributed by atoms with Gasteiger partial charge in [0.2, 0.25) is 5.91 Å². The molecule has 0 aromatic heterocycles. The Bertz CT molecular complexity index is 162. The molecule has 1 fully saturated rings. The minimum absolute atomic E-state index is 0.207. The Labute approximate surface area is 80.5 Å². The highest BCUT2D eigenvalue weighted by atomic mass is 16.2. The maximum absolute atomic E-state index is 11.3. The van der Waals surface area contributed by atoms with E-state index >= 15 is 0 Å². The number of nitrogens with one attached hydrogen (secondary N) is 1. The Hall–Kier alpha value is -0.570. The summed E-state index contributed by atoms with van der Waals surface area (Å²) < 4.78 is 0. The lowest BCUT2D eigenvalue weighted by Gasteiger charge is -2.22. The SMILES string of the molecule is CN(C)C(=O)C[CH]C1CCNCC1. The quantitative estimate of drug-likeness (QED) is 0.697. The van der Waals surface area contributed by atoms with Crippen LogP contribution in [0, 0.1) is 12.3 Å². The topological polar surface area (TPSA) is 32.3 Å². The van der Waals surface area contributed by atoms with Gasteiger partial charge < -0.3 is 10.2 Å². The molecule has 1 radical (unpaired) electrons. The molecule has 0 spiro atoms. The van der Waals surface area contributed by atoms with Crippen LogP contribution in [-0.4, -0.2) is 38.0 Å². The second-order valence-electron chi connectivity index (χ2n) is 3.82. The van der Waals surface area contributed by atoms with E-state index in [-0.39, 0.29) is 5.91 Å². The summed E-state index contributed by atoms with van der Waals surface area (Å²) in [6.45, 7) is 2.19. The third kappa shape index (κ3) is 3.77. The zero-order chi connectivity index (χ0) is 9.68. The second kappa shape index (κ2) is 5.22. The fourth-order valence-electron chi connectivity index (χ4n) is 1.53. The van der Waals surface area contributed by atoms with Crippen LogP contribution in [0.3, 0.4) is 0 Å². The predicted molar refractivity (Wildman–Crippen MR) is 53.2 cm³/mol. The summed E-state index contributed by atoms with van der Waals surface area (Å²) in [7, 11) is 3.61. The first kappa shape index (κ1) is 10.5. The van der Waals surface area contributed by atoms with E-state index in [1.54, 1.807) is 19.0 Å². The highest BCUT2D eigenvalue weighted by molar-refractivity contribution is 5.76. The number of hydrogen-bond donors (Lipinski definition) is 1. The van der Waals surface area contributed by atoms with Crippen molar-refractivity contribution in [2.45, 2.75) is 19.3 Å². The molecule has 0 unspecified atom stereocenters. The molecule has 13 heavy (non-hydrogen) atoms. The second-order valence-corrected chi connectivity index (χ2v) is 3.82. The molecule has 1 N–H and O–H groups in total. The fourth-order valence-corrected chi connectivity index (χ4v) is 1.53. The van der Waals surface area contributed by atoms with Crippen LogP contribution >= 0.6 is 0 Å². The number of piperidine rings is 1. The Kier molecular flexibility index (Phi) is 4.22. The molecule has 3 nitrogen and oxygen atoms in total. The Morgan fingerprint density at radius 1 is 1.46 bits per heavy atom. The third-order valence-electron chi connectivity index (χ3n) is 2.51. The molecular weight excluding hydrogens is 164 g/mol. The van der Waals surface area contributed by atoms with E-state index in [2.05, 4.69) is 11.7 Å². The first-order valence-corrected chi connectivity index (χ1v) is 4.94. The molecule has 0 bridgehead atoms. The maximum Gasteiger partial charge on any atom is 0.222 e. The van der Waals surface area contributed by atoms with Crippen molar-refractivity contribution in [1.29, 1.82) is 0 Å². The molecule has 0 aliphatic carbocycles. The van der Waals surface area contributed by atoms with Crippen molar-refractivity contribution in [1.82, 2.24) is 10.2 Å². The van der Waals surface area contributed by atoms with Gasteiger partial charge in [-0.3, -0.25) is 4.79 Å². The van der Waals surface area contributed by atoms with Crippen molar-refractivity contribution in [2.75, 3.05) is 27.2 Å². The van der Waals surface area contributed by atoms with Crippen LogP contribution in [0.4, 0.5) is 0 Å². The van der Waals surface area contributed by atoms with Crippen molar-refractivity contribution in [3.05, 3.63) is 6.42 Å². The molecule has 0 saturated carbocycles. The van der Waals surface area contributed by atoms with Gasteiger partial charge in [0.15, 0.2) is 0 Å². The van der Waals surface area contributed by atoms with Gasteiger partial charge >= 0.3 is 0 Å². The van der Waals surface area contributed by atoms with Crippen molar-refractivity contribution < 1.29 is 4.79 Å². The molecule has 1 heterocycles. The van der Waals surface area contributed by atoms with Gasteiger partial charge in [0, 0.05) is 20.5 Å². The van der Waals surface area contributed by atoms with Gasteiger partial charge in [-0.2, -0.15) is 0 Å². The lowest BCUT2D eigenvalue weighted by molar-refractivity contribution is -0.128. The van der Waals surface area contributed by atoms with Crippen LogP contribution in [-0.2, 0) is 4.79 Å². The molecule has 75 valence electrons. The monoisotopic (exact) mass is 183 g/mol. The molecule has 0 aromatic carbocycles. The van der Waals surface area contributed by atoms with Crippen LogP contribution < -0.4 is 5.32 Å². The van der Waals surface area contributed by atoms with E-state index in [0.717, 1.165) is 13.1 Å². The standard InChI is InChI=1S/C10H19N2O/c1-12(2)10(13)4-3-9-5-7-11-8-6-9/h3,9,11H,4-8H2,1-2H3. The average Bonchev–Trinajstić information content (AvgIpc) is 2.15. The molecule has 1 aliphatic rings. The number of rotatable bonds is 3. The minimum atomic E-state index is 0.207. The summed E-state index contributed by atoms with van der Waals surface area (Å²) in [5.41, 5.74) is 0. The van der Waals surface area contributed by atoms with Gasteiger partial charge in [0.05, 0.1) is 0 Å². The highest BCUT2D eigenvalue weighted by Crippen LogP contribution is 2.16. The van der Waals surface area contributed by atoms with Gasteiger partial charge in [-0.25, -0.2) is 0 Å². The van der Waals surface area contributed by atoms with Crippen LogP contribution in [0.15, 0.2) is 0 Å². The molecule has 3 heteroatoms. The van der Waals surface area contributed by atoms with Crippen molar-refractivity contribution in [2.24, 2.45) is 5.92 Å². The Morgan fingerprint density at radius 3 is 2.62 bits per heavy atom. The van der Waals surface area contributed by atoms with Gasteiger partial charge in [-0.15, -0.1) is 0 Å². The van der Waals surface area contributed by atoms with Gasteiger partial charge in [0.1, 0.15) is 0 Å². The van der Waals surface area contributed by atoms with E-state index in [1.165, 1.54) is 12.8 Å². The number of amides is 1. The maximum atomic E-state index is 11.3. The van der Waals surface area contributed by atoms with E-state index < -0.39 is 0 Å². The minimum Gasteiger partial charge on any atom is -0.349 e. The highest BCUT2D eigenvalue weighted by Gasteiger charge is 2.15. The Balaban J connectivity index is 2.13. The van der Waals surface area contributed by atoms with E-state index in [1.807, 2.05) is 0 Å². The molecule has 0 atom stereocenters. The van der Waals surface area contributed by atoms with E-state index in [0.29, 0.717) is 12.3 Å². The molecule has 0 aromatic rings. The summed E-state index contributed by atoms with van der Waals surface area (Å²) >= 11 is 0. The summed E-state index contributed by atoms with van der Waals surface area (Å²) in [6.07, 6.45) is 5.13. The van der Waals surface area contributed by atoms with Gasteiger partial charge in [-0.1, -0.05) is 0 Å². The van der Waals surface area contributed by atoms with Crippen LogP contribution in [0.1, 0.15) is 19.3 Å². The van der Waals surface area contributed by atoms with Crippen molar-refractivity contribution >= 4 is 5.91 Å². The van der Waals surface area contributed by atoms with Crippen LogP contribution in [0.5, 0.6) is 0 Å². The van der Waals surface area contributed by atoms with Crippen molar-refractivity contribution in [3.8, 4) is 0 Å². The van der Waals surface area contributed by atoms with Crippen molar-refractivity contribution in [3.63, 3.8) is 0 Å². The molecule has 1 saturated heterocycles. The first-order valence-electron chi connectivity index (χ1n) is 4.94. The molecule has 1 aliphatic heterocycles. The first-order chi connectivity index (χ1) is 6.20. The lowest BCUT2D eigenvalue weighted by Crippen LogP contribution is -2.29. The van der Waals surface area contributed by atoms with Gasteiger partial charge in [0.25, 0.3) is 0 Å². The number of nitrogens with zero attached hydrogens (tertiary/aromatic N) is 1. The van der Waals surface area contributed by atoms with E-state index in [9.17, 15) is 4.79 Å². The number of hydrogen-bond acceptors (Lipinski definition) is 2. The fraction of sp³-hybridized carbons (Fsp3) is 0.800. The zero-order valence-electron chi connectivity index (χ0n) is 8.55. The smallest absolute Gasteiger partial charge is 0.222 e. The number of carbonyl (C=O) groups excluding carboxylic acids is 1. The van der Waals surface area contributed by atoms with Crippen LogP contribution in [0.25, 0.3) is 0 Å². The largest absolute Gasteiger partial charge is 0.349 e. The third-order valence-corrected chi connectivity index (χ3v) is 2.51.